The van der Waals surface area contributed by atoms with Crippen molar-refractivity contribution in [3.8, 4) is 6.07 Å². The van der Waals surface area contributed by atoms with E-state index in [4.69, 9.17) is 5.26 Å². The molecule has 5 heteroatoms. The number of carbonyl (C=O) groups is 2. The first-order valence-electron chi connectivity index (χ1n) is 8.35. The molecule has 0 radical (unpaired) electrons. The Labute approximate surface area is 146 Å². The first-order valence-corrected chi connectivity index (χ1v) is 8.35. The van der Waals surface area contributed by atoms with Gasteiger partial charge < -0.3 is 10.2 Å². The lowest BCUT2D eigenvalue weighted by molar-refractivity contribution is -0.118. The number of hydrogen-bond acceptors (Lipinski definition) is 3. The van der Waals surface area contributed by atoms with Crippen LogP contribution in [-0.4, -0.2) is 24.9 Å². The number of hydrogen-bond donors (Lipinski definition) is 1. The highest BCUT2D eigenvalue weighted by Gasteiger charge is 2.23. The van der Waals surface area contributed by atoms with Gasteiger partial charge in [-0.3, -0.25) is 9.59 Å². The molecular weight excluding hydrogens is 314 g/mol. The number of benzene rings is 2. The lowest BCUT2D eigenvalue weighted by Gasteiger charge is -2.17. The molecule has 2 aromatic rings. The van der Waals surface area contributed by atoms with Gasteiger partial charge in [-0.15, -0.1) is 0 Å². The lowest BCUT2D eigenvalue weighted by atomic mass is 10.1. The molecule has 0 aliphatic carbocycles. The Morgan fingerprint density at radius 3 is 2.64 bits per heavy atom. The van der Waals surface area contributed by atoms with Gasteiger partial charge in [0.1, 0.15) is 0 Å². The van der Waals surface area contributed by atoms with Crippen LogP contribution in [0.1, 0.15) is 34.3 Å². The highest BCUT2D eigenvalue weighted by Crippen LogP contribution is 2.27. The summed E-state index contributed by atoms with van der Waals surface area (Å²) >= 11 is 0. The zero-order valence-electron chi connectivity index (χ0n) is 13.9. The normalized spacial score (nSPS) is 12.4. The van der Waals surface area contributed by atoms with Gasteiger partial charge in [-0.2, -0.15) is 5.26 Å². The maximum absolute atomic E-state index is 12.4. The van der Waals surface area contributed by atoms with Gasteiger partial charge in [-0.05, 0) is 48.7 Å². The molecule has 1 aliphatic rings. The molecule has 0 fully saturated rings. The summed E-state index contributed by atoms with van der Waals surface area (Å²) in [6, 6.07) is 16.5. The van der Waals surface area contributed by atoms with E-state index in [9.17, 15) is 9.59 Å². The van der Waals surface area contributed by atoms with Crippen LogP contribution in [0.5, 0.6) is 0 Å². The molecule has 2 amide bonds. The van der Waals surface area contributed by atoms with E-state index in [2.05, 4.69) is 11.4 Å². The van der Waals surface area contributed by atoms with Gasteiger partial charge in [-0.1, -0.05) is 18.2 Å². The number of amides is 2. The molecule has 0 saturated heterocycles. The van der Waals surface area contributed by atoms with Crippen molar-refractivity contribution in [3.63, 3.8) is 0 Å². The van der Waals surface area contributed by atoms with E-state index in [0.717, 1.165) is 18.7 Å². The average Bonchev–Trinajstić information content (AvgIpc) is 3.09. The van der Waals surface area contributed by atoms with Crippen molar-refractivity contribution in [2.24, 2.45) is 0 Å². The number of rotatable bonds is 5. The van der Waals surface area contributed by atoms with Crippen molar-refractivity contribution >= 4 is 17.5 Å². The summed E-state index contributed by atoms with van der Waals surface area (Å²) in [5.41, 5.74) is 3.26. The molecule has 0 aromatic heterocycles. The number of para-hydroxylation sites is 1. The number of anilines is 1. The topological polar surface area (TPSA) is 73.2 Å². The summed E-state index contributed by atoms with van der Waals surface area (Å²) < 4.78 is 0. The maximum atomic E-state index is 12.4. The fourth-order valence-electron chi connectivity index (χ4n) is 2.97. The van der Waals surface area contributed by atoms with Gasteiger partial charge in [0.15, 0.2) is 0 Å². The van der Waals surface area contributed by atoms with Crippen LogP contribution in [0.3, 0.4) is 0 Å². The van der Waals surface area contributed by atoms with Crippen LogP contribution in [0.2, 0.25) is 0 Å². The number of nitrogens with zero attached hydrogens (tertiary/aromatic N) is 2. The average molecular weight is 333 g/mol. The highest BCUT2D eigenvalue weighted by molar-refractivity contribution is 5.96. The highest BCUT2D eigenvalue weighted by atomic mass is 16.2. The minimum Gasteiger partial charge on any atom is -0.352 e. The molecule has 3 rings (SSSR count). The summed E-state index contributed by atoms with van der Waals surface area (Å²) in [5, 5.41) is 11.6. The molecule has 5 nitrogen and oxygen atoms in total. The summed E-state index contributed by atoms with van der Waals surface area (Å²) in [4.78, 5) is 26.2. The zero-order chi connectivity index (χ0) is 17.6. The summed E-state index contributed by atoms with van der Waals surface area (Å²) in [6.07, 6.45) is 1.90. The zero-order valence-corrected chi connectivity index (χ0v) is 13.9. The predicted molar refractivity (Wildman–Crippen MR) is 95.2 cm³/mol. The Kier molecular flexibility index (Phi) is 5.10. The first kappa shape index (κ1) is 16.7. The molecule has 2 aromatic carbocycles. The van der Waals surface area contributed by atoms with Crippen LogP contribution in [0.25, 0.3) is 0 Å². The number of nitrogens with one attached hydrogen (secondary N) is 1. The first-order chi connectivity index (χ1) is 12.2. The van der Waals surface area contributed by atoms with Crippen LogP contribution in [0.4, 0.5) is 5.69 Å². The van der Waals surface area contributed by atoms with Gasteiger partial charge in [0, 0.05) is 30.8 Å². The SMILES string of the molecule is N#Cc1ccc(C(=O)NCCCC(=O)N2CCc3ccccc32)cc1. The minimum absolute atomic E-state index is 0.0950. The van der Waals surface area contributed by atoms with Gasteiger partial charge >= 0.3 is 0 Å². The van der Waals surface area contributed by atoms with E-state index in [1.54, 1.807) is 24.3 Å². The van der Waals surface area contributed by atoms with Crippen molar-refractivity contribution in [2.45, 2.75) is 19.3 Å². The van der Waals surface area contributed by atoms with E-state index in [-0.39, 0.29) is 11.8 Å². The van der Waals surface area contributed by atoms with Gasteiger partial charge in [0.25, 0.3) is 5.91 Å². The third kappa shape index (κ3) is 3.86. The Hall–Kier alpha value is -3.13. The number of carbonyl (C=O) groups excluding carboxylic acids is 2. The van der Waals surface area contributed by atoms with Crippen molar-refractivity contribution in [1.29, 1.82) is 5.26 Å². The molecule has 0 bridgehead atoms. The third-order valence-corrected chi connectivity index (χ3v) is 4.32. The van der Waals surface area contributed by atoms with Crippen molar-refractivity contribution in [3.05, 3.63) is 65.2 Å². The van der Waals surface area contributed by atoms with E-state index >= 15 is 0 Å². The largest absolute Gasteiger partial charge is 0.352 e. The maximum Gasteiger partial charge on any atom is 0.251 e. The van der Waals surface area contributed by atoms with Crippen LogP contribution in [0.15, 0.2) is 48.5 Å². The standard InChI is InChI=1S/C20H19N3O2/c21-14-15-7-9-17(10-8-15)20(25)22-12-3-6-19(24)23-13-11-16-4-1-2-5-18(16)23/h1-2,4-5,7-10H,3,6,11-13H2,(H,22,25). The van der Waals surface area contributed by atoms with Crippen LogP contribution in [0, 0.1) is 11.3 Å². The summed E-state index contributed by atoms with van der Waals surface area (Å²) in [6.45, 7) is 1.18. The minimum atomic E-state index is -0.191. The van der Waals surface area contributed by atoms with Crippen LogP contribution in [-0.2, 0) is 11.2 Å². The van der Waals surface area contributed by atoms with E-state index in [0.29, 0.717) is 30.5 Å². The van der Waals surface area contributed by atoms with Crippen LogP contribution >= 0.6 is 0 Å². The van der Waals surface area contributed by atoms with E-state index in [1.807, 2.05) is 29.2 Å². The molecule has 1 heterocycles. The lowest BCUT2D eigenvalue weighted by Crippen LogP contribution is -2.30. The van der Waals surface area contributed by atoms with Gasteiger partial charge in [0.2, 0.25) is 5.91 Å². The second-order valence-corrected chi connectivity index (χ2v) is 5.97. The Morgan fingerprint density at radius 2 is 1.88 bits per heavy atom. The second-order valence-electron chi connectivity index (χ2n) is 5.97. The smallest absolute Gasteiger partial charge is 0.251 e. The monoisotopic (exact) mass is 333 g/mol. The molecule has 0 saturated carbocycles. The predicted octanol–water partition coefficient (Wildman–Crippen LogP) is 2.66. The molecule has 0 unspecified atom stereocenters. The number of fused-ring (bicyclic) bond motifs is 1. The number of nitriles is 1. The Morgan fingerprint density at radius 1 is 1.12 bits per heavy atom. The Balaban J connectivity index is 1.45. The third-order valence-electron chi connectivity index (χ3n) is 4.32. The fraction of sp³-hybridized carbons (Fsp3) is 0.250. The molecule has 0 spiro atoms. The fourth-order valence-corrected chi connectivity index (χ4v) is 2.97. The van der Waals surface area contributed by atoms with E-state index < -0.39 is 0 Å². The van der Waals surface area contributed by atoms with Crippen molar-refractivity contribution in [2.75, 3.05) is 18.0 Å². The molecular formula is C20H19N3O2. The molecule has 0 atom stereocenters. The molecule has 1 N–H and O–H groups in total. The molecule has 1 aliphatic heterocycles. The van der Waals surface area contributed by atoms with Crippen molar-refractivity contribution in [1.82, 2.24) is 5.32 Å². The molecule has 25 heavy (non-hydrogen) atoms. The Bertz CT molecular complexity index is 822. The van der Waals surface area contributed by atoms with Gasteiger partial charge in [0.05, 0.1) is 11.6 Å². The summed E-state index contributed by atoms with van der Waals surface area (Å²) in [5.74, 6) is -0.0963. The van der Waals surface area contributed by atoms with Crippen molar-refractivity contribution < 1.29 is 9.59 Å². The van der Waals surface area contributed by atoms with Gasteiger partial charge in [-0.25, -0.2) is 0 Å². The second kappa shape index (κ2) is 7.63. The molecule has 126 valence electrons. The van der Waals surface area contributed by atoms with Crippen LogP contribution < -0.4 is 10.2 Å². The summed E-state index contributed by atoms with van der Waals surface area (Å²) in [7, 11) is 0. The van der Waals surface area contributed by atoms with E-state index in [1.165, 1.54) is 5.56 Å². The quantitative estimate of drug-likeness (QED) is 0.855.